The molecule has 3 rings (SSSR count). The maximum absolute atomic E-state index is 12.3. The predicted octanol–water partition coefficient (Wildman–Crippen LogP) is 1.57. The van der Waals surface area contributed by atoms with E-state index < -0.39 is 10.0 Å². The average molecular weight is 434 g/mol. The van der Waals surface area contributed by atoms with Crippen LogP contribution in [0.15, 0.2) is 41.6 Å². The predicted molar refractivity (Wildman–Crippen MR) is 115 cm³/mol. The number of benzene rings is 1. The van der Waals surface area contributed by atoms with E-state index in [1.807, 2.05) is 18.2 Å². The summed E-state index contributed by atoms with van der Waals surface area (Å²) < 4.78 is 28.6. The van der Waals surface area contributed by atoms with Crippen molar-refractivity contribution in [2.24, 2.45) is 7.05 Å². The van der Waals surface area contributed by atoms with Crippen LogP contribution in [-0.4, -0.2) is 54.5 Å². The summed E-state index contributed by atoms with van der Waals surface area (Å²) in [5.41, 5.74) is 1.27. The van der Waals surface area contributed by atoms with E-state index in [4.69, 9.17) is 0 Å². The smallest absolute Gasteiger partial charge is 0.259 e. The normalized spacial score (nSPS) is 17.7. The molecule has 8 nitrogen and oxygen atoms in total. The van der Waals surface area contributed by atoms with Gasteiger partial charge in [-0.15, -0.1) is 0 Å². The van der Waals surface area contributed by atoms with Crippen LogP contribution >= 0.6 is 0 Å². The molecule has 2 heterocycles. The van der Waals surface area contributed by atoms with E-state index in [-0.39, 0.29) is 23.9 Å². The monoisotopic (exact) mass is 433 g/mol. The highest BCUT2D eigenvalue weighted by Gasteiger charge is 2.23. The van der Waals surface area contributed by atoms with Crippen molar-refractivity contribution in [3.8, 4) is 0 Å². The average Bonchev–Trinajstić information content (AvgIpc) is 3.07. The summed E-state index contributed by atoms with van der Waals surface area (Å²) in [5, 5.41) is 2.95. The van der Waals surface area contributed by atoms with Crippen molar-refractivity contribution in [2.75, 3.05) is 19.6 Å². The molecule has 0 aliphatic carbocycles. The second-order valence-electron chi connectivity index (χ2n) is 7.79. The summed E-state index contributed by atoms with van der Waals surface area (Å²) in [5.74, 6) is 0.459. The number of amides is 1. The minimum atomic E-state index is -3.71. The van der Waals surface area contributed by atoms with Crippen molar-refractivity contribution in [2.45, 2.75) is 50.2 Å². The summed E-state index contributed by atoms with van der Waals surface area (Å²) in [4.78, 5) is 18.7. The second kappa shape index (κ2) is 10.2. The summed E-state index contributed by atoms with van der Waals surface area (Å²) in [6.07, 6.45) is 4.94. The number of carbonyl (C=O) groups is 1. The molecular weight excluding hydrogens is 402 g/mol. The van der Waals surface area contributed by atoms with Crippen LogP contribution in [0.4, 0.5) is 0 Å². The van der Waals surface area contributed by atoms with E-state index in [2.05, 4.69) is 32.1 Å². The maximum Gasteiger partial charge on any atom is 0.259 e. The second-order valence-corrected chi connectivity index (χ2v) is 9.51. The lowest BCUT2D eigenvalue weighted by Gasteiger charge is -2.36. The molecule has 1 aromatic heterocycles. The van der Waals surface area contributed by atoms with Gasteiger partial charge in [-0.2, -0.15) is 0 Å². The van der Waals surface area contributed by atoms with Crippen LogP contribution in [0.2, 0.25) is 0 Å². The van der Waals surface area contributed by atoms with Gasteiger partial charge in [0.05, 0.1) is 0 Å². The number of sulfonamides is 1. The number of aryl methyl sites for hydroxylation is 2. The lowest BCUT2D eigenvalue weighted by atomic mass is 10.0. The SMILES string of the molecule is Cc1nc(S(=O)(=O)NCCC(=O)NCC2CCCCN2Cc2ccccc2)cn1C. The number of hydrogen-bond donors (Lipinski definition) is 2. The number of piperidine rings is 1. The number of likely N-dealkylation sites (tertiary alicyclic amines) is 1. The molecule has 1 aliphatic heterocycles. The number of carbonyl (C=O) groups excluding carboxylic acids is 1. The number of aromatic nitrogens is 2. The van der Waals surface area contributed by atoms with Gasteiger partial charge in [0.1, 0.15) is 5.82 Å². The highest BCUT2D eigenvalue weighted by atomic mass is 32.2. The van der Waals surface area contributed by atoms with Gasteiger partial charge in [-0.05, 0) is 31.9 Å². The first-order chi connectivity index (χ1) is 14.3. The van der Waals surface area contributed by atoms with Crippen LogP contribution in [0.5, 0.6) is 0 Å². The Kier molecular flexibility index (Phi) is 7.63. The maximum atomic E-state index is 12.3. The van der Waals surface area contributed by atoms with Crippen molar-refractivity contribution in [1.29, 1.82) is 0 Å². The first-order valence-electron chi connectivity index (χ1n) is 10.4. The van der Waals surface area contributed by atoms with Crippen LogP contribution < -0.4 is 10.0 Å². The van der Waals surface area contributed by atoms with E-state index in [0.717, 1.165) is 25.9 Å². The molecule has 1 amide bonds. The number of hydrogen-bond acceptors (Lipinski definition) is 5. The molecule has 2 aromatic rings. The quantitative estimate of drug-likeness (QED) is 0.626. The van der Waals surface area contributed by atoms with E-state index in [1.165, 1.54) is 18.2 Å². The highest BCUT2D eigenvalue weighted by molar-refractivity contribution is 7.89. The Morgan fingerprint density at radius 3 is 2.70 bits per heavy atom. The van der Waals surface area contributed by atoms with Gasteiger partial charge >= 0.3 is 0 Å². The van der Waals surface area contributed by atoms with Gasteiger partial charge in [0, 0.05) is 45.3 Å². The lowest BCUT2D eigenvalue weighted by molar-refractivity contribution is -0.121. The van der Waals surface area contributed by atoms with Crippen LogP contribution in [0.25, 0.3) is 0 Å². The number of imidazole rings is 1. The third-order valence-corrected chi connectivity index (χ3v) is 6.85. The van der Waals surface area contributed by atoms with Crippen LogP contribution in [0.3, 0.4) is 0 Å². The number of nitrogens with zero attached hydrogens (tertiary/aromatic N) is 3. The fourth-order valence-electron chi connectivity index (χ4n) is 3.67. The van der Waals surface area contributed by atoms with Crippen LogP contribution in [0.1, 0.15) is 37.1 Å². The lowest BCUT2D eigenvalue weighted by Crippen LogP contribution is -2.46. The van der Waals surface area contributed by atoms with Gasteiger partial charge in [-0.3, -0.25) is 9.69 Å². The fourth-order valence-corrected chi connectivity index (χ4v) is 4.73. The zero-order chi connectivity index (χ0) is 21.6. The third-order valence-electron chi connectivity index (χ3n) is 5.52. The third kappa shape index (κ3) is 6.13. The minimum absolute atomic E-state index is 0.0262. The zero-order valence-corrected chi connectivity index (χ0v) is 18.5. The Balaban J connectivity index is 1.44. The molecule has 0 bridgehead atoms. The molecule has 2 N–H and O–H groups in total. The Labute approximate surface area is 178 Å². The van der Waals surface area contributed by atoms with Gasteiger partial charge in [-0.1, -0.05) is 36.8 Å². The Bertz CT molecular complexity index is 923. The molecule has 1 aromatic carbocycles. The molecular formula is C21H31N5O3S. The van der Waals surface area contributed by atoms with E-state index >= 15 is 0 Å². The summed E-state index contributed by atoms with van der Waals surface area (Å²) in [7, 11) is -1.97. The van der Waals surface area contributed by atoms with Gasteiger partial charge in [-0.25, -0.2) is 18.1 Å². The Morgan fingerprint density at radius 1 is 1.23 bits per heavy atom. The van der Waals surface area contributed by atoms with Crippen molar-refractivity contribution < 1.29 is 13.2 Å². The first-order valence-corrected chi connectivity index (χ1v) is 11.9. The van der Waals surface area contributed by atoms with Crippen molar-refractivity contribution in [3.05, 3.63) is 47.9 Å². The fraction of sp³-hybridized carbons (Fsp3) is 0.524. The topological polar surface area (TPSA) is 96.3 Å². The molecule has 0 radical (unpaired) electrons. The van der Waals surface area contributed by atoms with Crippen molar-refractivity contribution in [3.63, 3.8) is 0 Å². The highest BCUT2D eigenvalue weighted by Crippen LogP contribution is 2.19. The van der Waals surface area contributed by atoms with Crippen LogP contribution in [0, 0.1) is 6.92 Å². The minimum Gasteiger partial charge on any atom is -0.354 e. The van der Waals surface area contributed by atoms with Gasteiger partial charge in [0.15, 0.2) is 5.03 Å². The number of nitrogens with one attached hydrogen (secondary N) is 2. The van der Waals surface area contributed by atoms with Crippen molar-refractivity contribution in [1.82, 2.24) is 24.5 Å². The standard InChI is InChI=1S/C21H31N5O3S/c1-17-24-21(16-25(17)2)30(28,29)23-12-11-20(27)22-14-19-10-6-7-13-26(19)15-18-8-4-3-5-9-18/h3-5,8-9,16,19,23H,6-7,10-15H2,1-2H3,(H,22,27). The van der Waals surface area contributed by atoms with E-state index in [1.54, 1.807) is 18.5 Å². The molecule has 1 atom stereocenters. The molecule has 0 saturated carbocycles. The van der Waals surface area contributed by atoms with Gasteiger partial charge in [0.2, 0.25) is 5.91 Å². The Morgan fingerprint density at radius 2 is 2.00 bits per heavy atom. The molecule has 1 saturated heterocycles. The van der Waals surface area contributed by atoms with Gasteiger partial charge < -0.3 is 9.88 Å². The summed E-state index contributed by atoms with van der Waals surface area (Å²) in [6.45, 7) is 4.27. The van der Waals surface area contributed by atoms with Gasteiger partial charge in [0.25, 0.3) is 10.0 Å². The summed E-state index contributed by atoms with van der Waals surface area (Å²) >= 11 is 0. The largest absolute Gasteiger partial charge is 0.354 e. The van der Waals surface area contributed by atoms with Crippen molar-refractivity contribution >= 4 is 15.9 Å². The van der Waals surface area contributed by atoms with E-state index in [0.29, 0.717) is 18.4 Å². The molecule has 1 aliphatic rings. The molecule has 1 unspecified atom stereocenters. The Hall–Kier alpha value is -2.23. The molecule has 0 spiro atoms. The number of rotatable bonds is 9. The molecule has 9 heteroatoms. The van der Waals surface area contributed by atoms with Crippen LogP contribution in [-0.2, 0) is 28.4 Å². The molecule has 164 valence electrons. The zero-order valence-electron chi connectivity index (χ0n) is 17.7. The first kappa shape index (κ1) is 22.5. The molecule has 1 fully saturated rings. The molecule has 30 heavy (non-hydrogen) atoms. The van der Waals surface area contributed by atoms with E-state index in [9.17, 15) is 13.2 Å². The summed E-state index contributed by atoms with van der Waals surface area (Å²) in [6, 6.07) is 10.7.